The molecule has 41 heavy (non-hydrogen) atoms. The number of benzene rings is 3. The topological polar surface area (TPSA) is 127 Å². The number of fused-ring (bicyclic) bond motifs is 1. The fraction of sp³-hybridized carbons (Fsp3) is 0.281. The summed E-state index contributed by atoms with van der Waals surface area (Å²) >= 11 is 0. The molecule has 0 radical (unpaired) electrons. The number of H-pyrrole nitrogens is 1. The number of nitrogens with zero attached hydrogens (tertiary/aromatic N) is 2. The number of esters is 1. The summed E-state index contributed by atoms with van der Waals surface area (Å²) in [5.74, 6) is -0.678. The second-order valence-corrected chi connectivity index (χ2v) is 10.3. The Morgan fingerprint density at radius 3 is 2.44 bits per heavy atom. The van der Waals surface area contributed by atoms with Gasteiger partial charge in [-0.1, -0.05) is 30.3 Å². The van der Waals surface area contributed by atoms with Gasteiger partial charge in [0.25, 0.3) is 5.91 Å². The van der Waals surface area contributed by atoms with E-state index < -0.39 is 5.97 Å². The van der Waals surface area contributed by atoms with Crippen molar-refractivity contribution in [2.75, 3.05) is 33.3 Å². The molecule has 0 saturated carbocycles. The van der Waals surface area contributed by atoms with Gasteiger partial charge in [0.1, 0.15) is 0 Å². The number of rotatable bonds is 8. The van der Waals surface area contributed by atoms with Gasteiger partial charge >= 0.3 is 5.97 Å². The number of aliphatic hydroxyl groups is 1. The number of aliphatic hydroxyl groups excluding tert-OH is 1. The van der Waals surface area contributed by atoms with Gasteiger partial charge in [-0.05, 0) is 61.7 Å². The lowest BCUT2D eigenvalue weighted by atomic mass is 9.98. The number of likely N-dealkylation sites (tertiary alicyclic amines) is 1. The van der Waals surface area contributed by atoms with Gasteiger partial charge in [0.15, 0.2) is 5.88 Å². The zero-order valence-corrected chi connectivity index (χ0v) is 23.2. The van der Waals surface area contributed by atoms with Crippen LogP contribution in [0.5, 0.6) is 5.88 Å². The molecule has 0 aliphatic carbocycles. The lowest BCUT2D eigenvalue weighted by Crippen LogP contribution is -2.40. The molecular weight excluding hydrogens is 520 g/mol. The van der Waals surface area contributed by atoms with E-state index in [-0.39, 0.29) is 17.9 Å². The molecule has 1 saturated heterocycles. The SMILES string of the molecule is COC(=O)c1cc2[nH]c(O)c(C(=Nc3ccc(C(=O)NCCN4CCC(O)CC4)cc3)c3ccccc3)c2cc1C. The summed E-state index contributed by atoms with van der Waals surface area (Å²) in [4.78, 5) is 35.1. The molecule has 4 aromatic rings. The minimum absolute atomic E-state index is 0.0665. The number of hydrogen-bond donors (Lipinski definition) is 4. The van der Waals surface area contributed by atoms with Crippen LogP contribution in [0.15, 0.2) is 71.7 Å². The maximum atomic E-state index is 12.7. The molecule has 4 N–H and O–H groups in total. The third-order valence-electron chi connectivity index (χ3n) is 7.45. The summed E-state index contributed by atoms with van der Waals surface area (Å²) in [7, 11) is 1.33. The van der Waals surface area contributed by atoms with Crippen LogP contribution in [0.1, 0.15) is 50.2 Å². The van der Waals surface area contributed by atoms with Crippen molar-refractivity contribution in [1.29, 1.82) is 0 Å². The van der Waals surface area contributed by atoms with Gasteiger partial charge in [-0.15, -0.1) is 0 Å². The summed E-state index contributed by atoms with van der Waals surface area (Å²) in [5.41, 5.74) is 4.70. The predicted octanol–water partition coefficient (Wildman–Crippen LogP) is 4.32. The number of aromatic amines is 1. The van der Waals surface area contributed by atoms with E-state index in [4.69, 9.17) is 9.73 Å². The number of piperidine rings is 1. The molecule has 1 aliphatic heterocycles. The van der Waals surface area contributed by atoms with Crippen LogP contribution in [0.4, 0.5) is 5.69 Å². The molecule has 1 amide bonds. The third-order valence-corrected chi connectivity index (χ3v) is 7.45. The monoisotopic (exact) mass is 554 g/mol. The Labute approximate surface area is 238 Å². The van der Waals surface area contributed by atoms with Crippen LogP contribution >= 0.6 is 0 Å². The molecule has 1 aromatic heterocycles. The van der Waals surface area contributed by atoms with Crippen molar-refractivity contribution in [2.24, 2.45) is 4.99 Å². The lowest BCUT2D eigenvalue weighted by molar-refractivity contribution is 0.0600. The van der Waals surface area contributed by atoms with Crippen molar-refractivity contribution in [3.05, 3.63) is 94.5 Å². The van der Waals surface area contributed by atoms with E-state index in [0.717, 1.165) is 43.4 Å². The summed E-state index contributed by atoms with van der Waals surface area (Å²) in [6.07, 6.45) is 1.32. The molecule has 0 bridgehead atoms. The van der Waals surface area contributed by atoms with Crippen LogP contribution in [-0.2, 0) is 4.74 Å². The molecule has 0 spiro atoms. The van der Waals surface area contributed by atoms with Gasteiger partial charge < -0.3 is 30.2 Å². The Morgan fingerprint density at radius 2 is 1.76 bits per heavy atom. The van der Waals surface area contributed by atoms with Crippen molar-refractivity contribution in [3.8, 4) is 5.88 Å². The Balaban J connectivity index is 1.41. The van der Waals surface area contributed by atoms with Crippen LogP contribution in [0, 0.1) is 6.92 Å². The quantitative estimate of drug-likeness (QED) is 0.190. The van der Waals surface area contributed by atoms with E-state index in [1.807, 2.05) is 43.3 Å². The smallest absolute Gasteiger partial charge is 0.338 e. The van der Waals surface area contributed by atoms with Gasteiger partial charge in [0, 0.05) is 48.2 Å². The zero-order valence-electron chi connectivity index (χ0n) is 23.2. The molecule has 1 fully saturated rings. The average molecular weight is 555 g/mol. The Morgan fingerprint density at radius 1 is 1.05 bits per heavy atom. The van der Waals surface area contributed by atoms with Gasteiger partial charge in [-0.25, -0.2) is 9.79 Å². The van der Waals surface area contributed by atoms with Crippen molar-refractivity contribution >= 4 is 34.2 Å². The molecule has 9 heteroatoms. The molecule has 0 atom stereocenters. The van der Waals surface area contributed by atoms with Crippen LogP contribution in [0.2, 0.25) is 0 Å². The first-order valence-electron chi connectivity index (χ1n) is 13.7. The van der Waals surface area contributed by atoms with Crippen LogP contribution in [0.3, 0.4) is 0 Å². The Bertz CT molecular complexity index is 1570. The molecular formula is C32H34N4O5. The first kappa shape index (κ1) is 28.1. The van der Waals surface area contributed by atoms with Crippen LogP contribution in [0.25, 0.3) is 10.9 Å². The van der Waals surface area contributed by atoms with Crippen molar-refractivity contribution in [2.45, 2.75) is 25.9 Å². The molecule has 5 rings (SSSR count). The summed E-state index contributed by atoms with van der Waals surface area (Å²) in [5, 5.41) is 24.3. The van der Waals surface area contributed by atoms with Crippen molar-refractivity contribution in [1.82, 2.24) is 15.2 Å². The lowest BCUT2D eigenvalue weighted by Gasteiger charge is -2.29. The minimum atomic E-state index is -0.451. The Kier molecular flexibility index (Phi) is 8.47. The second kappa shape index (κ2) is 12.4. The van der Waals surface area contributed by atoms with E-state index in [0.29, 0.717) is 45.7 Å². The number of hydrogen-bond acceptors (Lipinski definition) is 7. The van der Waals surface area contributed by atoms with Gasteiger partial charge in [0.05, 0.1) is 35.7 Å². The minimum Gasteiger partial charge on any atom is -0.494 e. The van der Waals surface area contributed by atoms with E-state index in [1.54, 1.807) is 30.3 Å². The molecule has 9 nitrogen and oxygen atoms in total. The fourth-order valence-corrected chi connectivity index (χ4v) is 5.16. The number of carbonyl (C=O) groups is 2. The maximum Gasteiger partial charge on any atom is 0.338 e. The third kappa shape index (κ3) is 6.32. The summed E-state index contributed by atoms with van der Waals surface area (Å²) in [6, 6.07) is 20.1. The van der Waals surface area contributed by atoms with E-state index in [9.17, 15) is 19.8 Å². The molecule has 1 aliphatic rings. The molecule has 2 heterocycles. The fourth-order valence-electron chi connectivity index (χ4n) is 5.16. The number of methoxy groups -OCH3 is 1. The zero-order chi connectivity index (χ0) is 28.9. The first-order chi connectivity index (χ1) is 19.8. The van der Waals surface area contributed by atoms with Crippen LogP contribution < -0.4 is 5.32 Å². The first-order valence-corrected chi connectivity index (χ1v) is 13.7. The maximum absolute atomic E-state index is 12.7. The highest BCUT2D eigenvalue weighted by molar-refractivity contribution is 6.22. The van der Waals surface area contributed by atoms with Gasteiger partial charge in [-0.2, -0.15) is 0 Å². The molecule has 3 aromatic carbocycles. The average Bonchev–Trinajstić information content (AvgIpc) is 3.30. The highest BCUT2D eigenvalue weighted by Crippen LogP contribution is 2.33. The van der Waals surface area contributed by atoms with Crippen molar-refractivity contribution < 1.29 is 24.5 Å². The summed E-state index contributed by atoms with van der Waals surface area (Å²) < 4.78 is 4.90. The number of amides is 1. The number of nitrogens with one attached hydrogen (secondary N) is 2. The van der Waals surface area contributed by atoms with Gasteiger partial charge in [-0.3, -0.25) is 4.79 Å². The molecule has 0 unspecified atom stereocenters. The number of aryl methyl sites for hydroxylation is 1. The van der Waals surface area contributed by atoms with E-state index in [2.05, 4.69) is 15.2 Å². The number of aromatic hydroxyl groups is 1. The normalized spacial score (nSPS) is 14.8. The van der Waals surface area contributed by atoms with Crippen molar-refractivity contribution in [3.63, 3.8) is 0 Å². The number of ether oxygens (including phenoxy) is 1. The van der Waals surface area contributed by atoms with Gasteiger partial charge in [0.2, 0.25) is 0 Å². The largest absolute Gasteiger partial charge is 0.494 e. The number of aliphatic imine (C=N–C) groups is 1. The van der Waals surface area contributed by atoms with E-state index in [1.165, 1.54) is 7.11 Å². The number of carbonyl (C=O) groups excluding carboxylic acids is 2. The highest BCUT2D eigenvalue weighted by Gasteiger charge is 2.22. The van der Waals surface area contributed by atoms with Crippen LogP contribution in [-0.4, -0.2) is 77.1 Å². The summed E-state index contributed by atoms with van der Waals surface area (Å²) in [6.45, 7) is 4.77. The predicted molar refractivity (Wildman–Crippen MR) is 158 cm³/mol. The van der Waals surface area contributed by atoms with E-state index >= 15 is 0 Å². The standard InChI is InChI=1S/C32H34N4O5/c1-20-18-26-27(19-25(20)32(40)41-2)35-31(39)28(26)29(21-6-4-3-5-7-21)34-23-10-8-22(9-11-23)30(38)33-14-17-36-15-12-24(37)13-16-36/h3-11,18-19,24,35,37,39H,12-17H2,1-2H3,(H,33,38). The second-order valence-electron chi connectivity index (χ2n) is 10.3. The highest BCUT2D eigenvalue weighted by atomic mass is 16.5. The number of aromatic nitrogens is 1. The molecule has 212 valence electrons. The Hall–Kier alpha value is -4.47.